The van der Waals surface area contributed by atoms with E-state index >= 15 is 0 Å². The van der Waals surface area contributed by atoms with Crippen LogP contribution in [0.4, 0.5) is 4.79 Å². The maximum absolute atomic E-state index is 11.6. The summed E-state index contributed by atoms with van der Waals surface area (Å²) in [6.07, 6.45) is 1.67. The smallest absolute Gasteiger partial charge is 0.478 e. The Labute approximate surface area is 243 Å². The first-order chi connectivity index (χ1) is 20.1. The summed E-state index contributed by atoms with van der Waals surface area (Å²) >= 11 is 0. The van der Waals surface area contributed by atoms with E-state index in [-0.39, 0.29) is 6.09 Å². The van der Waals surface area contributed by atoms with Gasteiger partial charge in [0.15, 0.2) is 0 Å². The summed E-state index contributed by atoms with van der Waals surface area (Å²) in [6, 6.07) is 47.0. The summed E-state index contributed by atoms with van der Waals surface area (Å²) in [5, 5.41) is 0. The van der Waals surface area contributed by atoms with E-state index in [9.17, 15) is 4.79 Å². The van der Waals surface area contributed by atoms with Crippen molar-refractivity contribution in [2.45, 2.75) is 13.8 Å². The molecule has 0 saturated heterocycles. The van der Waals surface area contributed by atoms with Gasteiger partial charge >= 0.3 is 6.09 Å². The third-order valence-corrected chi connectivity index (χ3v) is 7.41. The van der Waals surface area contributed by atoms with E-state index in [0.717, 1.165) is 5.75 Å². The van der Waals surface area contributed by atoms with Crippen LogP contribution in [0.3, 0.4) is 0 Å². The molecule has 0 fully saturated rings. The number of aromatic nitrogens is 1. The topological polar surface area (TPSA) is 42.7 Å². The van der Waals surface area contributed by atoms with Crippen molar-refractivity contribution in [1.29, 1.82) is 0 Å². The maximum Gasteiger partial charge on any atom is 0.478 e. The molecule has 5 nitrogen and oxygen atoms in total. The lowest BCUT2D eigenvalue weighted by molar-refractivity contribution is -0.869. The van der Waals surface area contributed by atoms with Gasteiger partial charge in [-0.05, 0) is 13.8 Å². The van der Waals surface area contributed by atoms with Crippen LogP contribution in [-0.2, 0) is 0 Å². The highest BCUT2D eigenvalue weighted by molar-refractivity contribution is 7.19. The average molecular weight is 545 g/mol. The van der Waals surface area contributed by atoms with Crippen molar-refractivity contribution >= 4 is 34.1 Å². The number of pyridine rings is 1. The molecule has 0 radical (unpaired) electrons. The zero-order chi connectivity index (χ0) is 28.9. The van der Waals surface area contributed by atoms with Crippen LogP contribution in [0.15, 0.2) is 146 Å². The van der Waals surface area contributed by atoms with Gasteiger partial charge in [0, 0.05) is 30.0 Å². The van der Waals surface area contributed by atoms with Crippen LogP contribution in [0.1, 0.15) is 13.8 Å². The monoisotopic (exact) mass is 544 g/mol. The van der Waals surface area contributed by atoms with Gasteiger partial charge in [-0.1, -0.05) is 121 Å². The first-order valence-electron chi connectivity index (χ1n) is 14.0. The molecule has 0 spiro atoms. The molecule has 0 unspecified atom stereocenters. The van der Waals surface area contributed by atoms with Gasteiger partial charge in [-0.25, -0.2) is 4.79 Å². The molecule has 0 aliphatic heterocycles. The SMILES string of the molecule is CCN(CC)C(=O)O[n+]1ccc(OC)cc1.c1ccc([B-](c2ccccc2)(c2ccccc2)c2ccccc2)cc1. The molecule has 0 saturated carbocycles. The van der Waals surface area contributed by atoms with Gasteiger partial charge in [0.05, 0.1) is 7.11 Å². The van der Waals surface area contributed by atoms with Crippen LogP contribution in [0.2, 0.25) is 0 Å². The second-order valence-electron chi connectivity index (χ2n) is 9.64. The lowest BCUT2D eigenvalue weighted by Crippen LogP contribution is -2.74. The van der Waals surface area contributed by atoms with E-state index in [2.05, 4.69) is 121 Å². The molecule has 41 heavy (non-hydrogen) atoms. The van der Waals surface area contributed by atoms with Crippen molar-refractivity contribution in [2.24, 2.45) is 0 Å². The Balaban J connectivity index is 0.000000210. The van der Waals surface area contributed by atoms with Gasteiger partial charge in [-0.2, -0.15) is 26.7 Å². The molecule has 0 bridgehead atoms. The van der Waals surface area contributed by atoms with E-state index < -0.39 is 6.15 Å². The number of nitrogens with zero attached hydrogens (tertiary/aromatic N) is 2. The summed E-state index contributed by atoms with van der Waals surface area (Å²) in [5.41, 5.74) is 5.36. The average Bonchev–Trinajstić information content (AvgIpc) is 3.05. The van der Waals surface area contributed by atoms with E-state index in [4.69, 9.17) is 9.57 Å². The molecular formula is C35H37BN2O3. The molecule has 5 aromatic rings. The quantitative estimate of drug-likeness (QED) is 0.220. The number of carbonyl (C=O) groups is 1. The summed E-state index contributed by atoms with van der Waals surface area (Å²) < 4.78 is 6.35. The lowest BCUT2D eigenvalue weighted by atomic mass is 9.13. The van der Waals surface area contributed by atoms with Gasteiger partial charge in [-0.15, -0.1) is 0 Å². The van der Waals surface area contributed by atoms with Crippen LogP contribution in [0.25, 0.3) is 0 Å². The van der Waals surface area contributed by atoms with Crippen LogP contribution in [0.5, 0.6) is 5.75 Å². The van der Waals surface area contributed by atoms with Crippen LogP contribution in [0, 0.1) is 0 Å². The molecular weight excluding hydrogens is 507 g/mol. The number of rotatable bonds is 8. The molecule has 1 aromatic heterocycles. The third-order valence-electron chi connectivity index (χ3n) is 7.41. The summed E-state index contributed by atoms with van der Waals surface area (Å²) in [5.74, 6) is 0.718. The van der Waals surface area contributed by atoms with Gasteiger partial charge < -0.3 is 9.64 Å². The number of amides is 1. The van der Waals surface area contributed by atoms with E-state index in [0.29, 0.717) is 13.1 Å². The minimum Gasteiger partial charge on any atom is -0.496 e. The zero-order valence-electron chi connectivity index (χ0n) is 24.0. The second kappa shape index (κ2) is 14.5. The fraction of sp³-hybridized carbons (Fsp3) is 0.143. The van der Waals surface area contributed by atoms with Crippen molar-refractivity contribution in [3.63, 3.8) is 0 Å². The molecule has 0 aliphatic rings. The molecule has 208 valence electrons. The predicted molar refractivity (Wildman–Crippen MR) is 168 cm³/mol. The Kier molecular flexibility index (Phi) is 10.3. The molecule has 5 rings (SSSR count). The van der Waals surface area contributed by atoms with Gasteiger partial charge in [0.1, 0.15) is 11.9 Å². The van der Waals surface area contributed by atoms with Gasteiger partial charge in [0.25, 0.3) is 0 Å². The number of carbonyl (C=O) groups excluding carboxylic acids is 1. The number of hydrogen-bond acceptors (Lipinski definition) is 3. The van der Waals surface area contributed by atoms with E-state index in [1.807, 2.05) is 13.8 Å². The molecule has 0 atom stereocenters. The molecule has 6 heteroatoms. The molecule has 0 N–H and O–H groups in total. The normalized spacial score (nSPS) is 10.6. The van der Waals surface area contributed by atoms with E-state index in [1.165, 1.54) is 26.6 Å². The number of benzene rings is 4. The van der Waals surface area contributed by atoms with Crippen molar-refractivity contribution in [3.05, 3.63) is 146 Å². The molecule has 1 amide bonds. The largest absolute Gasteiger partial charge is 0.496 e. The van der Waals surface area contributed by atoms with Crippen LogP contribution in [-0.4, -0.2) is 37.3 Å². The van der Waals surface area contributed by atoms with Crippen molar-refractivity contribution < 1.29 is 19.1 Å². The molecule has 1 heterocycles. The fourth-order valence-electron chi connectivity index (χ4n) is 5.35. The predicted octanol–water partition coefficient (Wildman–Crippen LogP) is 3.94. The first-order valence-corrected chi connectivity index (χ1v) is 14.0. The summed E-state index contributed by atoms with van der Waals surface area (Å²) in [6.45, 7) is 5.07. The van der Waals surface area contributed by atoms with Crippen molar-refractivity contribution in [3.8, 4) is 5.75 Å². The minimum atomic E-state index is -1.22. The van der Waals surface area contributed by atoms with E-state index in [1.54, 1.807) is 36.5 Å². The lowest BCUT2D eigenvalue weighted by Gasteiger charge is -2.44. The van der Waals surface area contributed by atoms with Crippen LogP contribution >= 0.6 is 0 Å². The Bertz CT molecular complexity index is 1300. The Morgan fingerprint density at radius 1 is 0.610 bits per heavy atom. The highest BCUT2D eigenvalue weighted by Crippen LogP contribution is 2.09. The van der Waals surface area contributed by atoms with Crippen molar-refractivity contribution in [2.75, 3.05) is 20.2 Å². The van der Waals surface area contributed by atoms with Gasteiger partial charge in [0.2, 0.25) is 12.4 Å². The maximum atomic E-state index is 11.6. The molecule has 4 aromatic carbocycles. The number of hydrogen-bond donors (Lipinski definition) is 0. The Hall–Kier alpha value is -4.84. The number of ether oxygens (including phenoxy) is 1. The minimum absolute atomic E-state index is 0.361. The summed E-state index contributed by atoms with van der Waals surface area (Å²) in [4.78, 5) is 18.3. The second-order valence-corrected chi connectivity index (χ2v) is 9.64. The molecule has 0 aliphatic carbocycles. The first kappa shape index (κ1) is 29.2. The van der Waals surface area contributed by atoms with Crippen LogP contribution < -0.4 is 36.2 Å². The standard InChI is InChI=1S/C24H20B.C11H17N2O3/c1-5-13-21(14-6-1)25(22-15-7-2-8-16-22,23-17-9-3-10-18-23)24-19-11-4-12-20-24;1-4-12(5-2)11(14)16-13-8-6-10(15-3)7-9-13/h1-20H;6-9H,4-5H2,1-3H3/q-1;+1. The highest BCUT2D eigenvalue weighted by atomic mass is 16.7. The zero-order valence-corrected chi connectivity index (χ0v) is 24.0. The van der Waals surface area contributed by atoms with Crippen molar-refractivity contribution in [1.82, 2.24) is 4.90 Å². The van der Waals surface area contributed by atoms with Gasteiger partial charge in [-0.3, -0.25) is 0 Å². The summed E-state index contributed by atoms with van der Waals surface area (Å²) in [7, 11) is 1.58. The third kappa shape index (κ3) is 6.85. The Morgan fingerprint density at radius 2 is 0.951 bits per heavy atom. The highest BCUT2D eigenvalue weighted by Gasteiger charge is 2.31. The Morgan fingerprint density at radius 3 is 1.24 bits per heavy atom. The number of methoxy groups -OCH3 is 1. The fourth-order valence-corrected chi connectivity index (χ4v) is 5.35.